The van der Waals surface area contributed by atoms with E-state index in [4.69, 9.17) is 0 Å². The van der Waals surface area contributed by atoms with Crippen molar-refractivity contribution in [2.24, 2.45) is 7.05 Å². The Morgan fingerprint density at radius 2 is 2.14 bits per heavy atom. The molecular formula is C13H22N4O4. The van der Waals surface area contributed by atoms with E-state index in [0.29, 0.717) is 12.1 Å². The first kappa shape index (κ1) is 16.9. The zero-order valence-corrected chi connectivity index (χ0v) is 12.8. The summed E-state index contributed by atoms with van der Waals surface area (Å²) in [5.74, 6) is -0.997. The van der Waals surface area contributed by atoms with Gasteiger partial charge in [0.1, 0.15) is 11.7 Å². The number of aryl methyl sites for hydroxylation is 1. The number of anilines is 1. The van der Waals surface area contributed by atoms with E-state index >= 15 is 0 Å². The molecule has 118 valence electrons. The summed E-state index contributed by atoms with van der Waals surface area (Å²) in [5, 5.41) is 27.4. The normalized spacial score (nSPS) is 12.4. The number of carbonyl (C=O) groups is 1. The molecule has 1 atom stereocenters. The molecule has 1 heterocycles. The smallest absolute Gasteiger partial charge is 0.334 e. The van der Waals surface area contributed by atoms with Gasteiger partial charge in [-0.05, 0) is 6.42 Å². The van der Waals surface area contributed by atoms with E-state index in [2.05, 4.69) is 10.4 Å². The van der Waals surface area contributed by atoms with Crippen molar-refractivity contribution in [1.82, 2.24) is 9.78 Å². The van der Waals surface area contributed by atoms with Crippen LogP contribution in [0.1, 0.15) is 51.6 Å². The number of aliphatic carboxylic acids is 1. The van der Waals surface area contributed by atoms with Gasteiger partial charge < -0.3 is 10.4 Å². The van der Waals surface area contributed by atoms with E-state index in [1.165, 1.54) is 4.68 Å². The summed E-state index contributed by atoms with van der Waals surface area (Å²) < 4.78 is 1.34. The van der Waals surface area contributed by atoms with Crippen LogP contribution in [0.2, 0.25) is 0 Å². The van der Waals surface area contributed by atoms with Crippen molar-refractivity contribution in [2.45, 2.75) is 52.0 Å². The Hall–Kier alpha value is -2.12. The van der Waals surface area contributed by atoms with Crippen molar-refractivity contribution in [2.75, 3.05) is 5.32 Å². The predicted octanol–water partition coefficient (Wildman–Crippen LogP) is 2.51. The first-order chi connectivity index (χ1) is 9.79. The fourth-order valence-corrected chi connectivity index (χ4v) is 2.09. The number of aromatic nitrogens is 2. The molecule has 21 heavy (non-hydrogen) atoms. The van der Waals surface area contributed by atoms with Crippen LogP contribution in [-0.4, -0.2) is 31.8 Å². The lowest BCUT2D eigenvalue weighted by Gasteiger charge is -2.14. The molecule has 1 rings (SSSR count). The van der Waals surface area contributed by atoms with Gasteiger partial charge in [0, 0.05) is 13.0 Å². The minimum Gasteiger partial charge on any atom is -0.480 e. The lowest BCUT2D eigenvalue weighted by Crippen LogP contribution is -2.30. The molecule has 0 aliphatic rings. The molecule has 0 bridgehead atoms. The second kappa shape index (κ2) is 7.05. The zero-order chi connectivity index (χ0) is 16.2. The number of carboxylic acid groups (broad SMARTS) is 1. The molecule has 1 aromatic rings. The van der Waals surface area contributed by atoms with Gasteiger partial charge in [-0.25, -0.2) is 9.48 Å². The number of nitro groups is 1. The number of nitrogens with one attached hydrogen (secondary N) is 1. The van der Waals surface area contributed by atoms with Crippen molar-refractivity contribution >= 4 is 17.5 Å². The Morgan fingerprint density at radius 3 is 2.57 bits per heavy atom. The maximum atomic E-state index is 11.3. The second-order valence-corrected chi connectivity index (χ2v) is 5.30. The quantitative estimate of drug-likeness (QED) is 0.563. The van der Waals surface area contributed by atoms with Crippen molar-refractivity contribution in [3.05, 3.63) is 15.8 Å². The maximum Gasteiger partial charge on any atom is 0.334 e. The topological polar surface area (TPSA) is 110 Å². The van der Waals surface area contributed by atoms with Gasteiger partial charge in [-0.1, -0.05) is 33.6 Å². The Bertz CT molecular complexity index is 524. The third-order valence-corrected chi connectivity index (χ3v) is 3.23. The van der Waals surface area contributed by atoms with Crippen LogP contribution in [0.5, 0.6) is 0 Å². The molecule has 0 saturated heterocycles. The van der Waals surface area contributed by atoms with Crippen LogP contribution in [0.4, 0.5) is 11.5 Å². The standard InChI is InChI=1S/C13H22N4O4/c1-5-6-7-9(13(18)19)14-12-11(17(20)21)10(8(2)3)15-16(12)4/h8-9,14H,5-7H2,1-4H3,(H,18,19). The minimum absolute atomic E-state index is 0.119. The second-order valence-electron chi connectivity index (χ2n) is 5.30. The monoisotopic (exact) mass is 298 g/mol. The molecule has 0 aromatic carbocycles. The molecule has 0 saturated carbocycles. The number of rotatable bonds is 8. The third kappa shape index (κ3) is 3.93. The fourth-order valence-electron chi connectivity index (χ4n) is 2.09. The lowest BCUT2D eigenvalue weighted by molar-refractivity contribution is -0.384. The number of hydrogen-bond donors (Lipinski definition) is 2. The van der Waals surface area contributed by atoms with E-state index in [9.17, 15) is 20.0 Å². The predicted molar refractivity (Wildman–Crippen MR) is 78.5 cm³/mol. The molecule has 0 spiro atoms. The minimum atomic E-state index is -1.02. The highest BCUT2D eigenvalue weighted by Crippen LogP contribution is 2.33. The van der Waals surface area contributed by atoms with Crippen LogP contribution < -0.4 is 5.32 Å². The van der Waals surface area contributed by atoms with Gasteiger partial charge in [-0.2, -0.15) is 5.10 Å². The average molecular weight is 298 g/mol. The highest BCUT2D eigenvalue weighted by atomic mass is 16.6. The van der Waals surface area contributed by atoms with Crippen LogP contribution in [0.25, 0.3) is 0 Å². The summed E-state index contributed by atoms with van der Waals surface area (Å²) in [5.41, 5.74) is 0.208. The summed E-state index contributed by atoms with van der Waals surface area (Å²) in [4.78, 5) is 22.1. The van der Waals surface area contributed by atoms with E-state index in [-0.39, 0.29) is 17.4 Å². The van der Waals surface area contributed by atoms with Crippen molar-refractivity contribution in [1.29, 1.82) is 0 Å². The highest BCUT2D eigenvalue weighted by molar-refractivity contribution is 5.78. The lowest BCUT2D eigenvalue weighted by atomic mass is 10.1. The maximum absolute atomic E-state index is 11.3. The van der Waals surface area contributed by atoms with E-state index in [0.717, 1.165) is 12.8 Å². The SMILES string of the molecule is CCCCC(Nc1c([N+](=O)[O-])c(C(C)C)nn1C)C(=O)O. The molecule has 1 aromatic heterocycles. The molecule has 0 fully saturated rings. The summed E-state index contributed by atoms with van der Waals surface area (Å²) in [6.07, 6.45) is 1.99. The molecule has 2 N–H and O–H groups in total. The van der Waals surface area contributed by atoms with Crippen LogP contribution in [0, 0.1) is 10.1 Å². The van der Waals surface area contributed by atoms with Gasteiger partial charge in [0.2, 0.25) is 5.82 Å². The molecule has 8 heteroatoms. The van der Waals surface area contributed by atoms with Crippen molar-refractivity contribution in [3.8, 4) is 0 Å². The van der Waals surface area contributed by atoms with Crippen LogP contribution >= 0.6 is 0 Å². The van der Waals surface area contributed by atoms with Gasteiger partial charge in [0.05, 0.1) is 4.92 Å². The van der Waals surface area contributed by atoms with Crippen molar-refractivity contribution < 1.29 is 14.8 Å². The van der Waals surface area contributed by atoms with Gasteiger partial charge >= 0.3 is 11.7 Å². The molecule has 0 radical (unpaired) electrons. The molecule has 1 unspecified atom stereocenters. The van der Waals surface area contributed by atoms with Gasteiger partial charge in [-0.3, -0.25) is 10.1 Å². The van der Waals surface area contributed by atoms with Crippen LogP contribution in [0.3, 0.4) is 0 Å². The number of hydrogen-bond acceptors (Lipinski definition) is 5. The number of unbranched alkanes of at least 4 members (excludes halogenated alkanes) is 1. The Morgan fingerprint density at radius 1 is 1.52 bits per heavy atom. The molecule has 8 nitrogen and oxygen atoms in total. The van der Waals surface area contributed by atoms with Crippen molar-refractivity contribution in [3.63, 3.8) is 0 Å². The summed E-state index contributed by atoms with van der Waals surface area (Å²) >= 11 is 0. The fraction of sp³-hybridized carbons (Fsp3) is 0.692. The van der Waals surface area contributed by atoms with E-state index < -0.39 is 16.9 Å². The van der Waals surface area contributed by atoms with E-state index in [1.54, 1.807) is 7.05 Å². The Kier molecular flexibility index (Phi) is 5.69. The molecule has 0 aliphatic carbocycles. The van der Waals surface area contributed by atoms with Gasteiger partial charge in [-0.15, -0.1) is 0 Å². The number of nitrogens with zero attached hydrogens (tertiary/aromatic N) is 3. The van der Waals surface area contributed by atoms with Gasteiger partial charge in [0.15, 0.2) is 0 Å². The molecule has 0 amide bonds. The Labute approximate surface area is 123 Å². The zero-order valence-electron chi connectivity index (χ0n) is 12.8. The molecular weight excluding hydrogens is 276 g/mol. The third-order valence-electron chi connectivity index (χ3n) is 3.23. The van der Waals surface area contributed by atoms with Crippen LogP contribution in [0.15, 0.2) is 0 Å². The first-order valence-corrected chi connectivity index (χ1v) is 7.00. The Balaban J connectivity index is 3.16. The van der Waals surface area contributed by atoms with E-state index in [1.807, 2.05) is 20.8 Å². The van der Waals surface area contributed by atoms with Gasteiger partial charge in [0.25, 0.3) is 0 Å². The first-order valence-electron chi connectivity index (χ1n) is 7.00. The molecule has 0 aliphatic heterocycles. The largest absolute Gasteiger partial charge is 0.480 e. The van der Waals surface area contributed by atoms with Crippen LogP contribution in [-0.2, 0) is 11.8 Å². The summed E-state index contributed by atoms with van der Waals surface area (Å²) in [6, 6.07) is -0.862. The summed E-state index contributed by atoms with van der Waals surface area (Å²) in [7, 11) is 1.57. The highest BCUT2D eigenvalue weighted by Gasteiger charge is 2.31. The number of carboxylic acids is 1. The average Bonchev–Trinajstić information content (AvgIpc) is 2.71. The summed E-state index contributed by atoms with van der Waals surface area (Å²) in [6.45, 7) is 5.58.